The Bertz CT molecular complexity index is 287. The molecule has 0 bridgehead atoms. The summed E-state index contributed by atoms with van der Waals surface area (Å²) in [4.78, 5) is 1.14. The molecule has 0 amide bonds. The molecule has 0 heterocycles. The first kappa shape index (κ1) is 13.4. The molecule has 0 aromatic heterocycles. The highest BCUT2D eigenvalue weighted by atomic mass is 32.2. The van der Waals surface area contributed by atoms with Gasteiger partial charge in [0.05, 0.1) is 6.42 Å². The molecule has 0 radical (unpaired) electrons. The highest BCUT2D eigenvalue weighted by Crippen LogP contribution is 2.18. The topological polar surface area (TPSA) is 12.0 Å². The molecular weight excluding hydrogens is 235 g/mol. The fourth-order valence-corrected chi connectivity index (χ4v) is 1.94. The Labute approximate surface area is 97.4 Å². The first-order valence-electron chi connectivity index (χ1n) is 5.03. The maximum atomic E-state index is 11.8. The van der Waals surface area contributed by atoms with Gasteiger partial charge >= 0.3 is 6.18 Å². The summed E-state index contributed by atoms with van der Waals surface area (Å²) in [7, 11) is 0. The van der Waals surface area contributed by atoms with Crippen LogP contribution in [0.2, 0.25) is 0 Å². The fourth-order valence-electron chi connectivity index (χ4n) is 1.11. The van der Waals surface area contributed by atoms with Gasteiger partial charge in [-0.3, -0.25) is 0 Å². The van der Waals surface area contributed by atoms with Gasteiger partial charge in [0, 0.05) is 23.7 Å². The SMILES string of the molecule is FC(F)(F)CCNCCSc1ccccc1. The molecule has 1 N–H and O–H groups in total. The van der Waals surface area contributed by atoms with Crippen molar-refractivity contribution in [3.63, 3.8) is 0 Å². The van der Waals surface area contributed by atoms with Gasteiger partial charge in [0.2, 0.25) is 0 Å². The first-order valence-corrected chi connectivity index (χ1v) is 6.02. The van der Waals surface area contributed by atoms with E-state index in [0.717, 1.165) is 10.6 Å². The highest BCUT2D eigenvalue weighted by molar-refractivity contribution is 7.99. The van der Waals surface area contributed by atoms with E-state index in [1.54, 1.807) is 11.8 Å². The third-order valence-corrected chi connectivity index (χ3v) is 2.89. The van der Waals surface area contributed by atoms with E-state index in [-0.39, 0.29) is 6.54 Å². The summed E-state index contributed by atoms with van der Waals surface area (Å²) in [6, 6.07) is 9.80. The Morgan fingerprint density at radius 2 is 1.75 bits per heavy atom. The van der Waals surface area contributed by atoms with E-state index in [1.165, 1.54) is 0 Å². The van der Waals surface area contributed by atoms with Crippen molar-refractivity contribution in [1.29, 1.82) is 0 Å². The molecule has 0 aliphatic heterocycles. The van der Waals surface area contributed by atoms with Gasteiger partial charge in [-0.25, -0.2) is 0 Å². The lowest BCUT2D eigenvalue weighted by Crippen LogP contribution is -2.23. The van der Waals surface area contributed by atoms with Gasteiger partial charge in [0.25, 0.3) is 0 Å². The molecule has 5 heteroatoms. The molecule has 90 valence electrons. The zero-order chi connectivity index (χ0) is 11.9. The van der Waals surface area contributed by atoms with Gasteiger partial charge < -0.3 is 5.32 Å². The first-order chi connectivity index (χ1) is 7.58. The normalized spacial score (nSPS) is 11.7. The van der Waals surface area contributed by atoms with E-state index in [0.29, 0.717) is 6.54 Å². The third-order valence-electron chi connectivity index (χ3n) is 1.88. The number of hydrogen-bond donors (Lipinski definition) is 1. The van der Waals surface area contributed by atoms with Crippen molar-refractivity contribution in [1.82, 2.24) is 5.32 Å². The van der Waals surface area contributed by atoms with Crippen LogP contribution in [0, 0.1) is 0 Å². The van der Waals surface area contributed by atoms with E-state index in [4.69, 9.17) is 0 Å². The van der Waals surface area contributed by atoms with Gasteiger partial charge in [-0.2, -0.15) is 13.2 Å². The van der Waals surface area contributed by atoms with Crippen LogP contribution in [-0.4, -0.2) is 25.0 Å². The Morgan fingerprint density at radius 1 is 1.06 bits per heavy atom. The van der Waals surface area contributed by atoms with Crippen molar-refractivity contribution in [2.24, 2.45) is 0 Å². The number of halogens is 3. The average molecular weight is 249 g/mol. The van der Waals surface area contributed by atoms with Crippen molar-refractivity contribution < 1.29 is 13.2 Å². The molecular formula is C11H14F3NS. The zero-order valence-corrected chi connectivity index (χ0v) is 9.57. The second kappa shape index (κ2) is 6.81. The molecule has 0 saturated carbocycles. The number of nitrogens with one attached hydrogen (secondary N) is 1. The van der Waals surface area contributed by atoms with Gasteiger partial charge in [-0.1, -0.05) is 18.2 Å². The molecule has 0 atom stereocenters. The zero-order valence-electron chi connectivity index (χ0n) is 8.76. The Hall–Kier alpha value is -0.680. The molecule has 1 aromatic carbocycles. The molecule has 1 aromatic rings. The fraction of sp³-hybridized carbons (Fsp3) is 0.455. The van der Waals surface area contributed by atoms with Crippen molar-refractivity contribution in [2.45, 2.75) is 17.5 Å². The highest BCUT2D eigenvalue weighted by Gasteiger charge is 2.25. The smallest absolute Gasteiger partial charge is 0.316 e. The quantitative estimate of drug-likeness (QED) is 0.613. The number of benzene rings is 1. The maximum absolute atomic E-state index is 11.8. The predicted octanol–water partition coefficient (Wildman–Crippen LogP) is 3.32. The van der Waals surface area contributed by atoms with Gasteiger partial charge in [0.15, 0.2) is 0 Å². The van der Waals surface area contributed by atoms with Gasteiger partial charge in [0.1, 0.15) is 0 Å². The van der Waals surface area contributed by atoms with E-state index in [9.17, 15) is 13.2 Å². The molecule has 1 rings (SSSR count). The van der Waals surface area contributed by atoms with Crippen LogP contribution < -0.4 is 5.32 Å². The second-order valence-electron chi connectivity index (χ2n) is 3.28. The summed E-state index contributed by atoms with van der Waals surface area (Å²) >= 11 is 1.63. The van der Waals surface area contributed by atoms with Crippen LogP contribution in [0.3, 0.4) is 0 Å². The molecule has 16 heavy (non-hydrogen) atoms. The standard InChI is InChI=1S/C11H14F3NS/c12-11(13,14)6-7-15-8-9-16-10-4-2-1-3-5-10/h1-5,15H,6-9H2. The Balaban J connectivity index is 2.01. The Morgan fingerprint density at radius 3 is 2.38 bits per heavy atom. The molecule has 1 nitrogen and oxygen atoms in total. The summed E-state index contributed by atoms with van der Waals surface area (Å²) in [6.07, 6.45) is -4.82. The molecule has 0 aliphatic carbocycles. The number of thioether (sulfide) groups is 1. The summed E-state index contributed by atoms with van der Waals surface area (Å²) < 4.78 is 35.4. The van der Waals surface area contributed by atoms with Crippen LogP contribution in [0.4, 0.5) is 13.2 Å². The summed E-state index contributed by atoms with van der Waals surface area (Å²) in [6.45, 7) is 0.592. The van der Waals surface area contributed by atoms with Crippen molar-refractivity contribution in [3.05, 3.63) is 30.3 Å². The van der Waals surface area contributed by atoms with Crippen LogP contribution in [0.5, 0.6) is 0 Å². The van der Waals surface area contributed by atoms with Crippen LogP contribution in [0.1, 0.15) is 6.42 Å². The lowest BCUT2D eigenvalue weighted by Gasteiger charge is -2.07. The molecule has 0 fully saturated rings. The van der Waals surface area contributed by atoms with E-state index in [2.05, 4.69) is 5.32 Å². The van der Waals surface area contributed by atoms with Crippen molar-refractivity contribution in [3.8, 4) is 0 Å². The molecule has 0 spiro atoms. The average Bonchev–Trinajstić information content (AvgIpc) is 2.23. The van der Waals surface area contributed by atoms with Crippen molar-refractivity contribution >= 4 is 11.8 Å². The maximum Gasteiger partial charge on any atom is 0.390 e. The van der Waals surface area contributed by atoms with E-state index >= 15 is 0 Å². The molecule has 0 aliphatic rings. The Kier molecular flexibility index (Phi) is 5.69. The second-order valence-corrected chi connectivity index (χ2v) is 4.45. The summed E-state index contributed by atoms with van der Waals surface area (Å²) in [5.74, 6) is 0.780. The lowest BCUT2D eigenvalue weighted by molar-refractivity contribution is -0.133. The van der Waals surface area contributed by atoms with Crippen LogP contribution in [0.25, 0.3) is 0 Å². The minimum atomic E-state index is -4.06. The van der Waals surface area contributed by atoms with E-state index < -0.39 is 12.6 Å². The van der Waals surface area contributed by atoms with Crippen LogP contribution >= 0.6 is 11.8 Å². The van der Waals surface area contributed by atoms with E-state index in [1.807, 2.05) is 30.3 Å². The molecule has 0 saturated heterocycles. The number of rotatable bonds is 6. The minimum Gasteiger partial charge on any atom is -0.316 e. The van der Waals surface area contributed by atoms with Crippen molar-refractivity contribution in [2.75, 3.05) is 18.8 Å². The third kappa shape index (κ3) is 6.74. The minimum absolute atomic E-state index is 0.00114. The largest absolute Gasteiger partial charge is 0.390 e. The lowest BCUT2D eigenvalue weighted by atomic mass is 10.4. The monoisotopic (exact) mass is 249 g/mol. The van der Waals surface area contributed by atoms with Gasteiger partial charge in [-0.15, -0.1) is 11.8 Å². The molecule has 0 unspecified atom stereocenters. The van der Waals surface area contributed by atoms with Crippen LogP contribution in [-0.2, 0) is 0 Å². The number of hydrogen-bond acceptors (Lipinski definition) is 2. The summed E-state index contributed by atoms with van der Waals surface area (Å²) in [5, 5.41) is 2.77. The van der Waals surface area contributed by atoms with Crippen LogP contribution in [0.15, 0.2) is 35.2 Å². The number of alkyl halides is 3. The predicted molar refractivity (Wildman–Crippen MR) is 60.7 cm³/mol. The van der Waals surface area contributed by atoms with Gasteiger partial charge in [-0.05, 0) is 12.1 Å². The summed E-state index contributed by atoms with van der Waals surface area (Å²) in [5.41, 5.74) is 0.